The predicted molar refractivity (Wildman–Crippen MR) is 85.0 cm³/mol. The van der Waals surface area contributed by atoms with Crippen molar-refractivity contribution in [3.63, 3.8) is 0 Å². The Labute approximate surface area is 129 Å². The van der Waals surface area contributed by atoms with E-state index in [1.54, 1.807) is 12.3 Å². The summed E-state index contributed by atoms with van der Waals surface area (Å²) >= 11 is 0. The third-order valence-electron chi connectivity index (χ3n) is 4.50. The summed E-state index contributed by atoms with van der Waals surface area (Å²) in [6.07, 6.45) is 6.04. The number of hydrogen-bond acceptors (Lipinski definition) is 3. The van der Waals surface area contributed by atoms with Gasteiger partial charge < -0.3 is 10.2 Å². The Morgan fingerprint density at radius 1 is 1.23 bits per heavy atom. The Morgan fingerprint density at radius 2 is 2.05 bits per heavy atom. The van der Waals surface area contributed by atoms with Gasteiger partial charge in [0, 0.05) is 35.4 Å². The highest BCUT2D eigenvalue weighted by molar-refractivity contribution is 5.91. The fourth-order valence-corrected chi connectivity index (χ4v) is 3.29. The molecule has 3 nitrogen and oxygen atoms in total. The van der Waals surface area contributed by atoms with Crippen molar-refractivity contribution >= 4 is 16.6 Å². The molecule has 0 aliphatic heterocycles. The van der Waals surface area contributed by atoms with Crippen LogP contribution in [0.25, 0.3) is 10.9 Å². The Bertz CT molecular complexity index is 672. The van der Waals surface area contributed by atoms with Gasteiger partial charge in [-0.3, -0.25) is 4.98 Å². The minimum atomic E-state index is -0.617. The van der Waals surface area contributed by atoms with Gasteiger partial charge in [-0.15, -0.1) is 0 Å². The highest BCUT2D eigenvalue weighted by Crippen LogP contribution is 2.29. The first-order chi connectivity index (χ1) is 10.5. The third-order valence-corrected chi connectivity index (χ3v) is 4.50. The molecule has 0 saturated heterocycles. The van der Waals surface area contributed by atoms with Gasteiger partial charge in [0.1, 0.15) is 11.3 Å². The second kappa shape index (κ2) is 6.16. The molecule has 0 spiro atoms. The van der Waals surface area contributed by atoms with Gasteiger partial charge in [0.25, 0.3) is 0 Å². The van der Waals surface area contributed by atoms with Crippen LogP contribution in [-0.4, -0.2) is 36.1 Å². The van der Waals surface area contributed by atoms with Crippen molar-refractivity contribution in [3.8, 4) is 0 Å². The maximum absolute atomic E-state index is 13.8. The van der Waals surface area contributed by atoms with Crippen molar-refractivity contribution in [1.82, 2.24) is 9.88 Å². The van der Waals surface area contributed by atoms with Crippen LogP contribution in [-0.2, 0) is 0 Å². The van der Waals surface area contributed by atoms with Crippen LogP contribution in [0.2, 0.25) is 0 Å². The van der Waals surface area contributed by atoms with E-state index in [0.29, 0.717) is 17.5 Å². The molecule has 0 amide bonds. The molecule has 3 rings (SSSR count). The molecular weight excluding hydrogens is 284 g/mol. The lowest BCUT2D eigenvalue weighted by Crippen LogP contribution is -2.38. The van der Waals surface area contributed by atoms with Crippen LogP contribution in [0, 0.1) is 11.6 Å². The molecule has 1 saturated carbocycles. The summed E-state index contributed by atoms with van der Waals surface area (Å²) in [6.45, 7) is 0. The lowest BCUT2D eigenvalue weighted by molar-refractivity contribution is 0.219. The number of nitrogens with zero attached hydrogens (tertiary/aromatic N) is 2. The SMILES string of the molecule is CN(C)C1CCCC(Nc2ccnc3c(F)cc(F)cc23)C1. The van der Waals surface area contributed by atoms with E-state index in [2.05, 4.69) is 29.3 Å². The average molecular weight is 305 g/mol. The standard InChI is InChI=1S/C17H21F2N3/c1-22(2)13-5-3-4-12(10-13)21-16-6-7-20-17-14(16)8-11(18)9-15(17)19/h6-9,12-13H,3-5,10H2,1-2H3,(H,20,21). The molecule has 22 heavy (non-hydrogen) atoms. The largest absolute Gasteiger partial charge is 0.382 e. The highest BCUT2D eigenvalue weighted by Gasteiger charge is 2.23. The van der Waals surface area contributed by atoms with E-state index in [9.17, 15) is 8.78 Å². The second-order valence-corrected chi connectivity index (χ2v) is 6.27. The van der Waals surface area contributed by atoms with E-state index >= 15 is 0 Å². The Balaban J connectivity index is 1.88. The van der Waals surface area contributed by atoms with Gasteiger partial charge in [0.15, 0.2) is 5.82 Å². The smallest absolute Gasteiger partial charge is 0.152 e. The van der Waals surface area contributed by atoms with E-state index in [0.717, 1.165) is 31.0 Å². The molecule has 5 heteroatoms. The van der Waals surface area contributed by atoms with Crippen LogP contribution in [0.5, 0.6) is 0 Å². The zero-order valence-electron chi connectivity index (χ0n) is 12.9. The number of fused-ring (bicyclic) bond motifs is 1. The number of anilines is 1. The second-order valence-electron chi connectivity index (χ2n) is 6.27. The fraction of sp³-hybridized carbons (Fsp3) is 0.471. The van der Waals surface area contributed by atoms with Crippen LogP contribution in [0.1, 0.15) is 25.7 Å². The molecule has 2 unspecified atom stereocenters. The molecule has 1 aromatic heterocycles. The quantitative estimate of drug-likeness (QED) is 0.935. The predicted octanol–water partition coefficient (Wildman–Crippen LogP) is 3.80. The van der Waals surface area contributed by atoms with Crippen molar-refractivity contribution in [2.75, 3.05) is 19.4 Å². The van der Waals surface area contributed by atoms with E-state index in [1.165, 1.54) is 12.5 Å². The van der Waals surface area contributed by atoms with E-state index < -0.39 is 11.6 Å². The number of benzene rings is 1. The summed E-state index contributed by atoms with van der Waals surface area (Å²) < 4.78 is 27.4. The molecular formula is C17H21F2N3. The Kier molecular flexibility index (Phi) is 4.25. The summed E-state index contributed by atoms with van der Waals surface area (Å²) in [5, 5.41) is 3.97. The maximum atomic E-state index is 13.8. The van der Waals surface area contributed by atoms with E-state index in [1.807, 2.05) is 0 Å². The first-order valence-electron chi connectivity index (χ1n) is 7.71. The molecule has 1 N–H and O–H groups in total. The monoisotopic (exact) mass is 305 g/mol. The first kappa shape index (κ1) is 15.2. The van der Waals surface area contributed by atoms with Crippen LogP contribution < -0.4 is 5.32 Å². The molecule has 1 aliphatic rings. The topological polar surface area (TPSA) is 28.2 Å². The first-order valence-corrected chi connectivity index (χ1v) is 7.71. The molecule has 1 aliphatic carbocycles. The van der Waals surface area contributed by atoms with Crippen molar-refractivity contribution in [2.24, 2.45) is 0 Å². The van der Waals surface area contributed by atoms with Crippen LogP contribution in [0.4, 0.5) is 14.5 Å². The van der Waals surface area contributed by atoms with Gasteiger partial charge in [-0.2, -0.15) is 0 Å². The van der Waals surface area contributed by atoms with Gasteiger partial charge in [-0.05, 0) is 51.9 Å². The molecule has 2 aromatic rings. The van der Waals surface area contributed by atoms with Crippen molar-refractivity contribution in [2.45, 2.75) is 37.8 Å². The van der Waals surface area contributed by atoms with Gasteiger partial charge in [-0.1, -0.05) is 0 Å². The number of pyridine rings is 1. The number of aromatic nitrogens is 1. The van der Waals surface area contributed by atoms with E-state index in [4.69, 9.17) is 0 Å². The Hall–Kier alpha value is -1.75. The molecule has 0 bridgehead atoms. The lowest BCUT2D eigenvalue weighted by Gasteiger charge is -2.34. The average Bonchev–Trinajstić information content (AvgIpc) is 2.48. The number of rotatable bonds is 3. The molecule has 2 atom stereocenters. The minimum Gasteiger partial charge on any atom is -0.382 e. The number of halogens is 2. The summed E-state index contributed by atoms with van der Waals surface area (Å²) in [4.78, 5) is 6.28. The van der Waals surface area contributed by atoms with Gasteiger partial charge in [0.05, 0.1) is 0 Å². The molecule has 1 heterocycles. The van der Waals surface area contributed by atoms with Crippen LogP contribution in [0.3, 0.4) is 0 Å². The van der Waals surface area contributed by atoms with Gasteiger partial charge in [-0.25, -0.2) is 8.78 Å². The van der Waals surface area contributed by atoms with Crippen LogP contribution >= 0.6 is 0 Å². The maximum Gasteiger partial charge on any atom is 0.152 e. The minimum absolute atomic E-state index is 0.214. The normalized spacial score (nSPS) is 22.2. The molecule has 1 aromatic carbocycles. The molecule has 1 fully saturated rings. The Morgan fingerprint density at radius 3 is 2.82 bits per heavy atom. The van der Waals surface area contributed by atoms with E-state index in [-0.39, 0.29) is 5.52 Å². The van der Waals surface area contributed by atoms with Gasteiger partial charge in [0.2, 0.25) is 0 Å². The summed E-state index contributed by atoms with van der Waals surface area (Å²) in [5.74, 6) is -1.19. The molecule has 0 radical (unpaired) electrons. The van der Waals surface area contributed by atoms with Crippen molar-refractivity contribution in [1.29, 1.82) is 0 Å². The summed E-state index contributed by atoms with van der Waals surface area (Å²) in [5.41, 5.74) is 0.971. The fourth-order valence-electron chi connectivity index (χ4n) is 3.29. The summed E-state index contributed by atoms with van der Waals surface area (Å²) in [7, 11) is 4.19. The van der Waals surface area contributed by atoms with Gasteiger partial charge >= 0.3 is 0 Å². The zero-order chi connectivity index (χ0) is 15.7. The zero-order valence-corrected chi connectivity index (χ0v) is 12.9. The third kappa shape index (κ3) is 3.04. The van der Waals surface area contributed by atoms with Crippen molar-refractivity contribution in [3.05, 3.63) is 36.0 Å². The van der Waals surface area contributed by atoms with Crippen LogP contribution in [0.15, 0.2) is 24.4 Å². The van der Waals surface area contributed by atoms with Crippen molar-refractivity contribution < 1.29 is 8.78 Å². The highest BCUT2D eigenvalue weighted by atomic mass is 19.1. The summed E-state index contributed by atoms with van der Waals surface area (Å²) in [6, 6.07) is 4.88. The molecule has 118 valence electrons. The lowest BCUT2D eigenvalue weighted by atomic mass is 9.90. The number of hydrogen-bond donors (Lipinski definition) is 1. The number of nitrogens with one attached hydrogen (secondary N) is 1.